The molecule has 19 heavy (non-hydrogen) atoms. The van der Waals surface area contributed by atoms with Crippen LogP contribution in [0.2, 0.25) is 0 Å². The second-order valence-electron chi connectivity index (χ2n) is 4.89. The van der Waals surface area contributed by atoms with Gasteiger partial charge in [0, 0.05) is 18.6 Å². The highest BCUT2D eigenvalue weighted by molar-refractivity contribution is 5.40. The maximum absolute atomic E-state index is 12.4. The summed E-state index contributed by atoms with van der Waals surface area (Å²) in [6.07, 6.45) is -1.45. The monoisotopic (exact) mass is 274 g/mol. The van der Waals surface area contributed by atoms with Crippen LogP contribution in [0.25, 0.3) is 0 Å². The lowest BCUT2D eigenvalue weighted by Crippen LogP contribution is -2.49. The first-order chi connectivity index (χ1) is 8.89. The molecule has 2 N–H and O–H groups in total. The highest BCUT2D eigenvalue weighted by Gasteiger charge is 2.33. The van der Waals surface area contributed by atoms with Crippen molar-refractivity contribution in [2.24, 2.45) is 5.73 Å². The zero-order chi connectivity index (χ0) is 14.0. The van der Waals surface area contributed by atoms with Gasteiger partial charge >= 0.3 is 6.18 Å². The van der Waals surface area contributed by atoms with E-state index in [1.165, 1.54) is 6.07 Å². The van der Waals surface area contributed by atoms with Gasteiger partial charge in [-0.3, -0.25) is 0 Å². The number of alkyl halides is 3. The Morgan fingerprint density at radius 3 is 2.58 bits per heavy atom. The van der Waals surface area contributed by atoms with E-state index >= 15 is 0 Å². The maximum atomic E-state index is 12.4. The van der Waals surface area contributed by atoms with E-state index in [4.69, 9.17) is 5.73 Å². The van der Waals surface area contributed by atoms with Crippen LogP contribution in [0.1, 0.15) is 31.9 Å². The zero-order valence-corrected chi connectivity index (χ0v) is 10.7. The van der Waals surface area contributed by atoms with Crippen molar-refractivity contribution in [2.45, 2.75) is 44.4 Å². The second kappa shape index (κ2) is 5.32. The molecule has 0 aliphatic carbocycles. The summed E-state index contributed by atoms with van der Waals surface area (Å²) in [7, 11) is 0. The molecule has 2 atom stereocenters. The van der Waals surface area contributed by atoms with Crippen molar-refractivity contribution < 1.29 is 13.2 Å². The van der Waals surface area contributed by atoms with Gasteiger partial charge in [0.1, 0.15) is 0 Å². The van der Waals surface area contributed by atoms with E-state index in [9.17, 15) is 13.2 Å². The molecule has 106 valence electrons. The van der Waals surface area contributed by atoms with Gasteiger partial charge in [0.2, 0.25) is 0 Å². The molecule has 7 heteroatoms. The lowest BCUT2D eigenvalue weighted by molar-refractivity contribution is -0.141. The number of piperidine rings is 1. The van der Waals surface area contributed by atoms with Crippen LogP contribution in [0, 0.1) is 0 Å². The molecule has 0 spiro atoms. The average Bonchev–Trinajstić information content (AvgIpc) is 2.38. The highest BCUT2D eigenvalue weighted by atomic mass is 19.4. The summed E-state index contributed by atoms with van der Waals surface area (Å²) in [5, 5.41) is 6.96. The van der Waals surface area contributed by atoms with Crippen LogP contribution >= 0.6 is 0 Å². The van der Waals surface area contributed by atoms with E-state index < -0.39 is 11.9 Å². The normalized spacial score (nSPS) is 22.4. The van der Waals surface area contributed by atoms with Crippen LogP contribution in [-0.4, -0.2) is 28.8 Å². The summed E-state index contributed by atoms with van der Waals surface area (Å²) in [5.74, 6) is 0.468. The van der Waals surface area contributed by atoms with Gasteiger partial charge in [0.25, 0.3) is 0 Å². The smallest absolute Gasteiger partial charge is 0.351 e. The first-order valence-corrected chi connectivity index (χ1v) is 6.33. The summed E-state index contributed by atoms with van der Waals surface area (Å²) in [5.41, 5.74) is 4.96. The fourth-order valence-electron chi connectivity index (χ4n) is 2.42. The largest absolute Gasteiger partial charge is 0.435 e. The molecule has 1 saturated heterocycles. The second-order valence-corrected chi connectivity index (χ2v) is 4.89. The molecule has 0 bridgehead atoms. The molecule has 1 aromatic heterocycles. The van der Waals surface area contributed by atoms with E-state index in [0.29, 0.717) is 5.82 Å². The Morgan fingerprint density at radius 2 is 2.05 bits per heavy atom. The van der Waals surface area contributed by atoms with E-state index in [1.54, 1.807) is 0 Å². The minimum Gasteiger partial charge on any atom is -0.351 e. The lowest BCUT2D eigenvalue weighted by atomic mass is 9.97. The number of halogens is 3. The molecule has 0 aromatic carbocycles. The molecule has 1 fully saturated rings. The molecule has 0 amide bonds. The number of nitrogens with zero attached hydrogens (tertiary/aromatic N) is 3. The summed E-state index contributed by atoms with van der Waals surface area (Å²) in [4.78, 5) is 1.96. The van der Waals surface area contributed by atoms with Crippen LogP contribution < -0.4 is 10.6 Å². The van der Waals surface area contributed by atoms with Crippen molar-refractivity contribution in [3.05, 3.63) is 17.8 Å². The van der Waals surface area contributed by atoms with Crippen molar-refractivity contribution in [3.8, 4) is 0 Å². The summed E-state index contributed by atoms with van der Waals surface area (Å²) in [6.45, 7) is 2.66. The number of hydrogen-bond acceptors (Lipinski definition) is 4. The molecule has 0 radical (unpaired) electrons. The van der Waals surface area contributed by atoms with Crippen LogP contribution in [0.4, 0.5) is 19.0 Å². The molecular weight excluding hydrogens is 257 g/mol. The lowest BCUT2D eigenvalue weighted by Gasteiger charge is -2.38. The number of aromatic nitrogens is 2. The van der Waals surface area contributed by atoms with Gasteiger partial charge in [-0.05, 0) is 38.3 Å². The van der Waals surface area contributed by atoms with E-state index in [0.717, 1.165) is 31.9 Å². The molecule has 1 aliphatic rings. The number of hydrogen-bond donors (Lipinski definition) is 1. The van der Waals surface area contributed by atoms with Gasteiger partial charge in [0.05, 0.1) is 0 Å². The Morgan fingerprint density at radius 1 is 1.32 bits per heavy atom. The Balaban J connectivity index is 2.20. The molecule has 1 aromatic rings. The van der Waals surface area contributed by atoms with Crippen molar-refractivity contribution in [1.29, 1.82) is 0 Å². The molecule has 4 nitrogen and oxygen atoms in total. The minimum atomic E-state index is -4.45. The molecule has 2 heterocycles. The quantitative estimate of drug-likeness (QED) is 0.898. The number of rotatable bonds is 2. The third-order valence-corrected chi connectivity index (χ3v) is 3.39. The van der Waals surface area contributed by atoms with Gasteiger partial charge in [-0.25, -0.2) is 0 Å². The highest BCUT2D eigenvalue weighted by Crippen LogP contribution is 2.29. The van der Waals surface area contributed by atoms with Crippen LogP contribution in [0.3, 0.4) is 0 Å². The standard InChI is InChI=1S/C12H17F3N4/c1-8(16)9-4-2-3-7-19(9)11-6-5-10(17-18-11)12(13,14)15/h5-6,8-9H,2-4,7,16H2,1H3. The maximum Gasteiger partial charge on any atom is 0.435 e. The Kier molecular flexibility index (Phi) is 3.93. The number of nitrogens with two attached hydrogens (primary N) is 1. The Hall–Kier alpha value is -1.37. The van der Waals surface area contributed by atoms with Crippen LogP contribution in [0.5, 0.6) is 0 Å². The fourth-order valence-corrected chi connectivity index (χ4v) is 2.42. The van der Waals surface area contributed by atoms with Crippen molar-refractivity contribution in [2.75, 3.05) is 11.4 Å². The van der Waals surface area contributed by atoms with Gasteiger partial charge in [0.15, 0.2) is 11.5 Å². The molecule has 1 aliphatic heterocycles. The van der Waals surface area contributed by atoms with Crippen molar-refractivity contribution in [1.82, 2.24) is 10.2 Å². The van der Waals surface area contributed by atoms with Gasteiger partial charge in [-0.15, -0.1) is 10.2 Å². The Bertz CT molecular complexity index is 416. The van der Waals surface area contributed by atoms with Gasteiger partial charge in [-0.2, -0.15) is 13.2 Å². The fraction of sp³-hybridized carbons (Fsp3) is 0.667. The Labute approximate surface area is 109 Å². The predicted molar refractivity (Wildman–Crippen MR) is 65.7 cm³/mol. The molecular formula is C12H17F3N4. The van der Waals surface area contributed by atoms with E-state index in [-0.39, 0.29) is 12.1 Å². The first-order valence-electron chi connectivity index (χ1n) is 6.33. The number of anilines is 1. The summed E-state index contributed by atoms with van der Waals surface area (Å²) in [6, 6.07) is 2.40. The van der Waals surface area contributed by atoms with Gasteiger partial charge < -0.3 is 10.6 Å². The van der Waals surface area contributed by atoms with Crippen molar-refractivity contribution >= 4 is 5.82 Å². The predicted octanol–water partition coefficient (Wildman–Crippen LogP) is 2.20. The van der Waals surface area contributed by atoms with Crippen LogP contribution in [-0.2, 0) is 6.18 Å². The average molecular weight is 274 g/mol. The van der Waals surface area contributed by atoms with E-state index in [1.807, 2.05) is 11.8 Å². The van der Waals surface area contributed by atoms with Gasteiger partial charge in [-0.1, -0.05) is 0 Å². The summed E-state index contributed by atoms with van der Waals surface area (Å²) < 4.78 is 37.3. The third kappa shape index (κ3) is 3.15. The van der Waals surface area contributed by atoms with E-state index in [2.05, 4.69) is 10.2 Å². The summed E-state index contributed by atoms with van der Waals surface area (Å²) >= 11 is 0. The first kappa shape index (κ1) is 14.0. The topological polar surface area (TPSA) is 55.0 Å². The van der Waals surface area contributed by atoms with Crippen molar-refractivity contribution in [3.63, 3.8) is 0 Å². The SMILES string of the molecule is CC(N)C1CCCCN1c1ccc(C(F)(F)F)nn1. The zero-order valence-electron chi connectivity index (χ0n) is 10.7. The van der Waals surface area contributed by atoms with Crippen LogP contribution in [0.15, 0.2) is 12.1 Å². The third-order valence-electron chi connectivity index (χ3n) is 3.39. The molecule has 2 unspecified atom stereocenters. The molecule has 2 rings (SSSR count). The molecule has 0 saturated carbocycles. The minimum absolute atomic E-state index is 0.0515.